The van der Waals surface area contributed by atoms with Crippen LogP contribution in [0.3, 0.4) is 0 Å². The van der Waals surface area contributed by atoms with Gasteiger partial charge in [-0.25, -0.2) is 4.98 Å². The molecule has 0 atom stereocenters. The van der Waals surface area contributed by atoms with Crippen LogP contribution in [-0.4, -0.2) is 52.7 Å². The summed E-state index contributed by atoms with van der Waals surface area (Å²) in [6.07, 6.45) is 6.48. The molecular formula is C22H33N5OS. The number of hydrogen-bond acceptors (Lipinski definition) is 6. The van der Waals surface area contributed by atoms with Crippen molar-refractivity contribution < 1.29 is 4.74 Å². The van der Waals surface area contributed by atoms with Gasteiger partial charge < -0.3 is 18.5 Å². The second-order valence-electron chi connectivity index (χ2n) is 9.22. The SMILES string of the molecule is CN1C=CN(SN(C)c2ccc3c(c2)nc(C(C)(C)C)n3CC2CCOCC2)C1. The summed E-state index contributed by atoms with van der Waals surface area (Å²) in [5.74, 6) is 1.84. The molecule has 0 unspecified atom stereocenters. The van der Waals surface area contributed by atoms with Crippen LogP contribution < -0.4 is 4.31 Å². The largest absolute Gasteiger partial charge is 0.381 e. The summed E-state index contributed by atoms with van der Waals surface area (Å²) in [7, 11) is 4.20. The van der Waals surface area contributed by atoms with Crippen LogP contribution in [0, 0.1) is 5.92 Å². The van der Waals surface area contributed by atoms with Gasteiger partial charge in [-0.1, -0.05) is 20.8 Å². The lowest BCUT2D eigenvalue weighted by Gasteiger charge is -2.26. The highest BCUT2D eigenvalue weighted by molar-refractivity contribution is 7.98. The Bertz CT molecular complexity index is 881. The highest BCUT2D eigenvalue weighted by Gasteiger charge is 2.26. The molecule has 2 aromatic rings. The second kappa shape index (κ2) is 8.11. The Morgan fingerprint density at radius 2 is 1.97 bits per heavy atom. The van der Waals surface area contributed by atoms with Gasteiger partial charge in [0, 0.05) is 51.7 Å². The van der Waals surface area contributed by atoms with Crippen LogP contribution in [0.2, 0.25) is 0 Å². The molecule has 29 heavy (non-hydrogen) atoms. The normalized spacial score (nSPS) is 18.2. The topological polar surface area (TPSA) is 36.8 Å². The summed E-state index contributed by atoms with van der Waals surface area (Å²) in [4.78, 5) is 7.26. The van der Waals surface area contributed by atoms with Crippen molar-refractivity contribution in [2.45, 2.75) is 45.6 Å². The third kappa shape index (κ3) is 4.51. The van der Waals surface area contributed by atoms with E-state index in [1.807, 2.05) is 0 Å². The number of anilines is 1. The van der Waals surface area contributed by atoms with Gasteiger partial charge >= 0.3 is 0 Å². The van der Waals surface area contributed by atoms with Crippen LogP contribution in [0.4, 0.5) is 5.69 Å². The van der Waals surface area contributed by atoms with Crippen molar-refractivity contribution in [2.24, 2.45) is 5.92 Å². The Kier molecular flexibility index (Phi) is 5.71. The lowest BCUT2D eigenvalue weighted by atomic mass is 9.94. The first-order chi connectivity index (χ1) is 13.8. The molecule has 1 aromatic heterocycles. The van der Waals surface area contributed by atoms with Crippen molar-refractivity contribution in [1.29, 1.82) is 0 Å². The maximum Gasteiger partial charge on any atom is 0.115 e. The first-order valence-electron chi connectivity index (χ1n) is 10.5. The van der Waals surface area contributed by atoms with Crippen molar-refractivity contribution in [3.63, 3.8) is 0 Å². The molecule has 2 aliphatic rings. The van der Waals surface area contributed by atoms with Crippen LogP contribution in [0.15, 0.2) is 30.6 Å². The Hall–Kier alpha value is -1.86. The van der Waals surface area contributed by atoms with Gasteiger partial charge in [0.1, 0.15) is 12.5 Å². The zero-order valence-corrected chi connectivity index (χ0v) is 19.1. The van der Waals surface area contributed by atoms with E-state index in [1.165, 1.54) is 17.0 Å². The van der Waals surface area contributed by atoms with Crippen LogP contribution in [-0.2, 0) is 16.7 Å². The zero-order chi connectivity index (χ0) is 20.6. The average molecular weight is 416 g/mol. The highest BCUT2D eigenvalue weighted by Crippen LogP contribution is 2.33. The number of hydrogen-bond donors (Lipinski definition) is 0. The Morgan fingerprint density at radius 3 is 2.62 bits per heavy atom. The number of imidazole rings is 1. The van der Waals surface area contributed by atoms with E-state index in [4.69, 9.17) is 9.72 Å². The maximum atomic E-state index is 5.56. The van der Waals surface area contributed by atoms with Crippen molar-refractivity contribution in [1.82, 2.24) is 18.8 Å². The highest BCUT2D eigenvalue weighted by atomic mass is 32.2. The fraction of sp³-hybridized carbons (Fsp3) is 0.591. The van der Waals surface area contributed by atoms with E-state index in [1.54, 1.807) is 12.1 Å². The van der Waals surface area contributed by atoms with Crippen LogP contribution in [0.5, 0.6) is 0 Å². The molecule has 0 aliphatic carbocycles. The number of nitrogens with zero attached hydrogens (tertiary/aromatic N) is 5. The van der Waals surface area contributed by atoms with Crippen molar-refractivity contribution in [3.8, 4) is 0 Å². The first kappa shape index (κ1) is 20.4. The smallest absolute Gasteiger partial charge is 0.115 e. The standard InChI is InChI=1S/C22H33N5OS/c1-22(2,3)21-23-19-14-18(25(5)29-26-11-10-24(4)16-26)6-7-20(19)27(21)15-17-8-12-28-13-9-17/h6-7,10-11,14,17H,8-9,12-13,15-16H2,1-5H3. The molecule has 0 radical (unpaired) electrons. The molecule has 7 heteroatoms. The van der Waals surface area contributed by atoms with Gasteiger partial charge in [-0.3, -0.25) is 4.31 Å². The third-order valence-electron chi connectivity index (χ3n) is 5.63. The van der Waals surface area contributed by atoms with Crippen molar-refractivity contribution in [2.75, 3.05) is 38.3 Å². The quantitative estimate of drug-likeness (QED) is 0.672. The molecule has 1 fully saturated rings. The average Bonchev–Trinajstić information content (AvgIpc) is 3.25. The minimum Gasteiger partial charge on any atom is -0.381 e. The van der Waals surface area contributed by atoms with Gasteiger partial charge in [-0.15, -0.1) is 0 Å². The Labute approximate surface area is 178 Å². The van der Waals surface area contributed by atoms with Crippen molar-refractivity contribution >= 4 is 28.9 Å². The Balaban J connectivity index is 1.61. The van der Waals surface area contributed by atoms with E-state index in [-0.39, 0.29) is 5.41 Å². The molecule has 0 spiro atoms. The molecule has 158 valence electrons. The minimum atomic E-state index is 0.00985. The fourth-order valence-corrected chi connectivity index (χ4v) is 4.88. The summed E-state index contributed by atoms with van der Waals surface area (Å²) in [6, 6.07) is 6.68. The number of aromatic nitrogens is 2. The maximum absolute atomic E-state index is 5.56. The molecule has 0 saturated carbocycles. The van der Waals surface area contributed by atoms with Crippen LogP contribution >= 0.6 is 12.1 Å². The molecule has 0 amide bonds. The lowest BCUT2D eigenvalue weighted by Crippen LogP contribution is -2.25. The predicted molar refractivity (Wildman–Crippen MR) is 122 cm³/mol. The summed E-state index contributed by atoms with van der Waals surface area (Å²) in [5, 5.41) is 0. The lowest BCUT2D eigenvalue weighted by molar-refractivity contribution is 0.0611. The third-order valence-corrected chi connectivity index (χ3v) is 6.53. The molecule has 0 bridgehead atoms. The Morgan fingerprint density at radius 1 is 1.21 bits per heavy atom. The van der Waals surface area contributed by atoms with E-state index < -0.39 is 0 Å². The van der Waals surface area contributed by atoms with E-state index in [0.717, 1.165) is 44.8 Å². The molecule has 4 rings (SSSR count). The fourth-order valence-electron chi connectivity index (χ4n) is 4.02. The number of benzene rings is 1. The molecule has 0 N–H and O–H groups in total. The summed E-state index contributed by atoms with van der Waals surface area (Å²) < 4.78 is 12.4. The molecule has 6 nitrogen and oxygen atoms in total. The molecule has 2 aliphatic heterocycles. The second-order valence-corrected chi connectivity index (χ2v) is 10.4. The molecule has 1 saturated heterocycles. The minimum absolute atomic E-state index is 0.00985. The summed E-state index contributed by atoms with van der Waals surface area (Å²) in [5.41, 5.74) is 3.50. The van der Waals surface area contributed by atoms with E-state index in [0.29, 0.717) is 5.92 Å². The van der Waals surface area contributed by atoms with E-state index >= 15 is 0 Å². The molecular weight excluding hydrogens is 382 g/mol. The number of ether oxygens (including phenoxy) is 1. The number of fused-ring (bicyclic) bond motifs is 1. The summed E-state index contributed by atoms with van der Waals surface area (Å²) in [6.45, 7) is 10.5. The monoisotopic (exact) mass is 415 g/mol. The van der Waals surface area contributed by atoms with Gasteiger partial charge in [0.15, 0.2) is 0 Å². The molecule has 1 aromatic carbocycles. The first-order valence-corrected chi connectivity index (χ1v) is 11.2. The van der Waals surface area contributed by atoms with E-state index in [2.05, 4.69) is 83.5 Å². The van der Waals surface area contributed by atoms with Gasteiger partial charge in [-0.05, 0) is 37.0 Å². The predicted octanol–water partition coefficient (Wildman–Crippen LogP) is 4.44. The summed E-state index contributed by atoms with van der Waals surface area (Å²) >= 11 is 1.71. The van der Waals surface area contributed by atoms with Gasteiger partial charge in [0.2, 0.25) is 0 Å². The zero-order valence-electron chi connectivity index (χ0n) is 18.3. The van der Waals surface area contributed by atoms with Gasteiger partial charge in [-0.2, -0.15) is 0 Å². The van der Waals surface area contributed by atoms with Gasteiger partial charge in [0.25, 0.3) is 0 Å². The van der Waals surface area contributed by atoms with Crippen LogP contribution in [0.1, 0.15) is 39.4 Å². The van der Waals surface area contributed by atoms with Gasteiger partial charge in [0.05, 0.1) is 28.9 Å². The molecule has 3 heterocycles. The van der Waals surface area contributed by atoms with Crippen molar-refractivity contribution in [3.05, 3.63) is 36.4 Å². The number of rotatable bonds is 5. The van der Waals surface area contributed by atoms with E-state index in [9.17, 15) is 0 Å². The van der Waals surface area contributed by atoms with Crippen LogP contribution in [0.25, 0.3) is 11.0 Å².